The van der Waals surface area contributed by atoms with E-state index in [-0.39, 0.29) is 0 Å². The number of hydrogen-bond acceptors (Lipinski definition) is 5. The predicted octanol–water partition coefficient (Wildman–Crippen LogP) is 3.29. The number of halogens is 1. The highest BCUT2D eigenvalue weighted by atomic mass is 79.9. The van der Waals surface area contributed by atoms with Crippen molar-refractivity contribution in [3.63, 3.8) is 0 Å². The molecule has 0 bridgehead atoms. The van der Waals surface area contributed by atoms with Gasteiger partial charge in [-0.15, -0.1) is 11.3 Å². The van der Waals surface area contributed by atoms with Gasteiger partial charge >= 0.3 is 0 Å². The molecule has 2 aromatic rings. The number of hydrogen-bond donors (Lipinski definition) is 0. The molecule has 0 N–H and O–H groups in total. The van der Waals surface area contributed by atoms with Crippen molar-refractivity contribution in [3.8, 4) is 5.19 Å². The van der Waals surface area contributed by atoms with Crippen LogP contribution in [-0.4, -0.2) is 16.6 Å². The Morgan fingerprint density at radius 3 is 2.93 bits per heavy atom. The fourth-order valence-corrected chi connectivity index (χ4v) is 2.98. The van der Waals surface area contributed by atoms with Crippen molar-refractivity contribution >= 4 is 38.6 Å². The Morgan fingerprint density at radius 2 is 2.33 bits per heavy atom. The second-order valence-electron chi connectivity index (χ2n) is 2.90. The van der Waals surface area contributed by atoms with Crippen molar-refractivity contribution in [3.05, 3.63) is 26.1 Å². The number of rotatable bonds is 4. The highest BCUT2D eigenvalue weighted by Gasteiger charge is 2.03. The Labute approximate surface area is 104 Å². The lowest BCUT2D eigenvalue weighted by Crippen LogP contribution is -2.00. The highest BCUT2D eigenvalue weighted by molar-refractivity contribution is 9.10. The van der Waals surface area contributed by atoms with Gasteiger partial charge in [0.25, 0.3) is 5.19 Å². The molecule has 15 heavy (non-hydrogen) atoms. The van der Waals surface area contributed by atoms with Crippen LogP contribution in [0, 0.1) is 6.92 Å². The predicted molar refractivity (Wildman–Crippen MR) is 65.9 cm³/mol. The zero-order valence-corrected chi connectivity index (χ0v) is 11.3. The average molecular weight is 305 g/mol. The largest absolute Gasteiger partial charge is 0.470 e. The lowest BCUT2D eigenvalue weighted by molar-refractivity contribution is 0.320. The van der Waals surface area contributed by atoms with Crippen LogP contribution in [0.5, 0.6) is 5.19 Å². The molecule has 0 fully saturated rings. The molecular weight excluding hydrogens is 296 g/mol. The molecule has 0 aromatic carbocycles. The van der Waals surface area contributed by atoms with E-state index >= 15 is 0 Å². The van der Waals surface area contributed by atoms with Gasteiger partial charge in [0.05, 0.1) is 17.8 Å². The van der Waals surface area contributed by atoms with Crippen LogP contribution in [0.2, 0.25) is 0 Å². The summed E-state index contributed by atoms with van der Waals surface area (Å²) in [5.74, 6) is 0. The van der Waals surface area contributed by atoms with Crippen molar-refractivity contribution in [1.29, 1.82) is 0 Å². The van der Waals surface area contributed by atoms with Gasteiger partial charge in [0.1, 0.15) is 4.60 Å². The number of aryl methyl sites for hydroxylation is 1. The van der Waals surface area contributed by atoms with Crippen LogP contribution in [0.4, 0.5) is 0 Å². The molecule has 2 rings (SSSR count). The molecule has 80 valence electrons. The summed E-state index contributed by atoms with van der Waals surface area (Å²) in [5, 5.41) is 2.62. The summed E-state index contributed by atoms with van der Waals surface area (Å²) in [5.41, 5.74) is 2.97. The van der Waals surface area contributed by atoms with Crippen LogP contribution >= 0.6 is 38.6 Å². The summed E-state index contributed by atoms with van der Waals surface area (Å²) in [6, 6.07) is 0. The molecule has 2 aromatic heterocycles. The Balaban J connectivity index is 1.83. The summed E-state index contributed by atoms with van der Waals surface area (Å²) in [7, 11) is 0. The average Bonchev–Trinajstić information content (AvgIpc) is 2.77. The van der Waals surface area contributed by atoms with E-state index < -0.39 is 0 Å². The lowest BCUT2D eigenvalue weighted by Gasteiger charge is -2.00. The highest BCUT2D eigenvalue weighted by Crippen LogP contribution is 2.22. The van der Waals surface area contributed by atoms with Gasteiger partial charge in [-0.25, -0.2) is 4.98 Å². The van der Waals surface area contributed by atoms with Gasteiger partial charge in [-0.3, -0.25) is 0 Å². The van der Waals surface area contributed by atoms with E-state index in [1.54, 1.807) is 11.3 Å². The molecule has 2 heterocycles. The Morgan fingerprint density at radius 1 is 1.47 bits per heavy atom. The topological polar surface area (TPSA) is 35.0 Å². The van der Waals surface area contributed by atoms with Crippen molar-refractivity contribution < 1.29 is 4.74 Å². The van der Waals surface area contributed by atoms with E-state index in [9.17, 15) is 0 Å². The molecule has 3 nitrogen and oxygen atoms in total. The summed E-state index contributed by atoms with van der Waals surface area (Å²) in [6.45, 7) is 2.68. The second kappa shape index (κ2) is 5.05. The van der Waals surface area contributed by atoms with E-state index in [1.807, 2.05) is 17.8 Å². The third kappa shape index (κ3) is 2.99. The first-order valence-corrected chi connectivity index (χ1v) is 6.93. The number of thiazole rings is 2. The first-order chi connectivity index (χ1) is 7.25. The smallest absolute Gasteiger partial charge is 0.274 e. The third-order valence-electron chi connectivity index (χ3n) is 1.85. The first-order valence-electron chi connectivity index (χ1n) is 4.38. The quantitative estimate of drug-likeness (QED) is 0.869. The minimum absolute atomic E-state index is 0.656. The molecule has 0 aliphatic heterocycles. The van der Waals surface area contributed by atoms with Gasteiger partial charge in [-0.2, -0.15) is 4.98 Å². The monoisotopic (exact) mass is 304 g/mol. The SMILES string of the molecule is Cc1ncsc1CCOc1nc(Br)cs1. The number of ether oxygens (including phenoxy) is 1. The fourth-order valence-electron chi connectivity index (χ4n) is 1.10. The number of aromatic nitrogens is 2. The molecule has 0 aliphatic rings. The molecule has 0 saturated heterocycles. The third-order valence-corrected chi connectivity index (χ3v) is 4.31. The minimum atomic E-state index is 0.656. The number of nitrogens with zero attached hydrogens (tertiary/aromatic N) is 2. The molecular formula is C9H9BrN2OS2. The molecule has 0 radical (unpaired) electrons. The Kier molecular flexibility index (Phi) is 3.71. The van der Waals surface area contributed by atoms with E-state index in [0.717, 1.165) is 16.7 Å². The Hall–Kier alpha value is -0.460. The lowest BCUT2D eigenvalue weighted by atomic mass is 10.3. The van der Waals surface area contributed by atoms with Crippen LogP contribution in [0.15, 0.2) is 15.5 Å². The van der Waals surface area contributed by atoms with Crippen LogP contribution in [0.25, 0.3) is 0 Å². The standard InChI is InChI=1S/C9H9BrN2OS2/c1-6-7(15-5-11-6)2-3-13-9-12-8(10)4-14-9/h4-5H,2-3H2,1H3. The van der Waals surface area contributed by atoms with Crippen LogP contribution < -0.4 is 4.74 Å². The maximum atomic E-state index is 5.51. The maximum Gasteiger partial charge on any atom is 0.274 e. The van der Waals surface area contributed by atoms with Crippen LogP contribution in [-0.2, 0) is 6.42 Å². The van der Waals surface area contributed by atoms with Crippen molar-refractivity contribution in [1.82, 2.24) is 9.97 Å². The van der Waals surface area contributed by atoms with Crippen LogP contribution in [0.3, 0.4) is 0 Å². The van der Waals surface area contributed by atoms with Crippen molar-refractivity contribution in [2.24, 2.45) is 0 Å². The summed E-state index contributed by atoms with van der Waals surface area (Å²) in [6.07, 6.45) is 0.897. The molecule has 0 atom stereocenters. The van der Waals surface area contributed by atoms with E-state index in [0.29, 0.717) is 11.8 Å². The van der Waals surface area contributed by atoms with Gasteiger partial charge in [0.2, 0.25) is 0 Å². The second-order valence-corrected chi connectivity index (χ2v) is 5.47. The van der Waals surface area contributed by atoms with Crippen LogP contribution in [0.1, 0.15) is 10.6 Å². The van der Waals surface area contributed by atoms with Gasteiger partial charge in [0, 0.05) is 16.7 Å². The first kappa shape index (κ1) is 11.0. The van der Waals surface area contributed by atoms with Gasteiger partial charge in [0.15, 0.2) is 0 Å². The van der Waals surface area contributed by atoms with Gasteiger partial charge in [-0.1, -0.05) is 11.3 Å². The zero-order chi connectivity index (χ0) is 10.7. The van der Waals surface area contributed by atoms with Gasteiger partial charge < -0.3 is 4.74 Å². The molecule has 0 spiro atoms. The maximum absolute atomic E-state index is 5.51. The zero-order valence-electron chi connectivity index (χ0n) is 8.07. The van der Waals surface area contributed by atoms with Crippen molar-refractivity contribution in [2.45, 2.75) is 13.3 Å². The Bertz CT molecular complexity index is 441. The van der Waals surface area contributed by atoms with E-state index in [4.69, 9.17) is 4.74 Å². The summed E-state index contributed by atoms with van der Waals surface area (Å²) < 4.78 is 6.34. The molecule has 0 aliphatic carbocycles. The normalized spacial score (nSPS) is 10.5. The van der Waals surface area contributed by atoms with Crippen molar-refractivity contribution in [2.75, 3.05) is 6.61 Å². The summed E-state index contributed by atoms with van der Waals surface area (Å²) in [4.78, 5) is 9.62. The fraction of sp³-hybridized carbons (Fsp3) is 0.333. The van der Waals surface area contributed by atoms with Gasteiger partial charge in [-0.05, 0) is 22.9 Å². The van der Waals surface area contributed by atoms with E-state index in [1.165, 1.54) is 16.2 Å². The molecule has 6 heteroatoms. The summed E-state index contributed by atoms with van der Waals surface area (Å²) >= 11 is 6.46. The molecule has 0 unspecified atom stereocenters. The molecule has 0 amide bonds. The molecule has 0 saturated carbocycles. The van der Waals surface area contributed by atoms with E-state index in [2.05, 4.69) is 25.9 Å². The minimum Gasteiger partial charge on any atom is -0.470 e.